The predicted octanol–water partition coefficient (Wildman–Crippen LogP) is 2.46. The molecule has 1 heterocycles. The van der Waals surface area contributed by atoms with Crippen molar-refractivity contribution >= 4 is 27.3 Å². The Hall–Kier alpha value is -1.21. The average molecular weight is 319 g/mol. The lowest BCUT2D eigenvalue weighted by Gasteiger charge is -2.25. The van der Waals surface area contributed by atoms with Gasteiger partial charge in [0.15, 0.2) is 0 Å². The number of rotatable bonds is 3. The van der Waals surface area contributed by atoms with Crippen LogP contribution in [0.3, 0.4) is 0 Å². The Balaban J connectivity index is 2.48. The highest BCUT2D eigenvalue weighted by molar-refractivity contribution is 9.10. The molecule has 5 nitrogen and oxygen atoms in total. The molecule has 18 heavy (non-hydrogen) atoms. The molecule has 0 spiro atoms. The van der Waals surface area contributed by atoms with Crippen molar-refractivity contribution in [2.45, 2.75) is 18.9 Å². The number of aliphatic hydroxyl groups excluding tert-OH is 1. The molecule has 0 radical (unpaired) electrons. The standard InChI is InChI=1S/C11H12BrFN2O3/c12-8-4-11(15(17)18)10(5-9(8)13)14-3-1-2-7(14)6-16/h4-5,7,16H,1-3,6H2. The molecule has 1 N–H and O–H groups in total. The summed E-state index contributed by atoms with van der Waals surface area (Å²) in [6.07, 6.45) is 1.59. The Morgan fingerprint density at radius 2 is 2.33 bits per heavy atom. The highest BCUT2D eigenvalue weighted by atomic mass is 79.9. The van der Waals surface area contributed by atoms with Gasteiger partial charge >= 0.3 is 0 Å². The number of anilines is 1. The average Bonchev–Trinajstić information content (AvgIpc) is 2.79. The minimum Gasteiger partial charge on any atom is -0.394 e. The number of halogens is 2. The van der Waals surface area contributed by atoms with E-state index in [2.05, 4.69) is 15.9 Å². The van der Waals surface area contributed by atoms with Crippen LogP contribution in [0.1, 0.15) is 12.8 Å². The molecule has 0 bridgehead atoms. The van der Waals surface area contributed by atoms with Crippen molar-refractivity contribution < 1.29 is 14.4 Å². The highest BCUT2D eigenvalue weighted by Crippen LogP contribution is 2.36. The molecule has 2 rings (SSSR count). The first-order valence-corrected chi connectivity index (χ1v) is 6.35. The van der Waals surface area contributed by atoms with E-state index in [0.29, 0.717) is 6.54 Å². The van der Waals surface area contributed by atoms with Crippen LogP contribution in [0.5, 0.6) is 0 Å². The molecule has 1 aliphatic rings. The van der Waals surface area contributed by atoms with E-state index in [1.165, 1.54) is 0 Å². The lowest BCUT2D eigenvalue weighted by atomic mass is 10.2. The Morgan fingerprint density at radius 3 is 2.94 bits per heavy atom. The molecule has 1 aliphatic heterocycles. The van der Waals surface area contributed by atoms with Gasteiger partial charge in [0, 0.05) is 18.7 Å². The van der Waals surface area contributed by atoms with Crippen LogP contribution < -0.4 is 4.90 Å². The molecule has 0 amide bonds. The summed E-state index contributed by atoms with van der Waals surface area (Å²) in [5, 5.41) is 20.2. The summed E-state index contributed by atoms with van der Waals surface area (Å²) in [6, 6.07) is 2.14. The number of nitro benzene ring substituents is 1. The summed E-state index contributed by atoms with van der Waals surface area (Å²) in [7, 11) is 0. The van der Waals surface area contributed by atoms with E-state index < -0.39 is 10.7 Å². The molecular formula is C11H12BrFN2O3. The first-order valence-electron chi connectivity index (χ1n) is 5.55. The lowest BCUT2D eigenvalue weighted by molar-refractivity contribution is -0.384. The number of hydrogen-bond donors (Lipinski definition) is 1. The molecule has 1 unspecified atom stereocenters. The van der Waals surface area contributed by atoms with Crippen molar-refractivity contribution in [3.8, 4) is 0 Å². The zero-order valence-electron chi connectivity index (χ0n) is 9.47. The van der Waals surface area contributed by atoms with E-state index in [9.17, 15) is 19.6 Å². The molecule has 1 aromatic rings. The number of nitro groups is 1. The number of nitrogens with zero attached hydrogens (tertiary/aromatic N) is 2. The Labute approximate surface area is 111 Å². The molecule has 1 saturated heterocycles. The highest BCUT2D eigenvalue weighted by Gasteiger charge is 2.30. The zero-order chi connectivity index (χ0) is 13.3. The first-order chi connectivity index (χ1) is 8.54. The molecule has 0 aromatic heterocycles. The second-order valence-corrected chi connectivity index (χ2v) is 5.04. The summed E-state index contributed by atoms with van der Waals surface area (Å²) < 4.78 is 13.6. The van der Waals surface area contributed by atoms with E-state index in [1.54, 1.807) is 4.90 Å². The Bertz CT molecular complexity index is 484. The molecule has 0 aliphatic carbocycles. The quantitative estimate of drug-likeness (QED) is 0.686. The van der Waals surface area contributed by atoms with Crippen LogP contribution in [0, 0.1) is 15.9 Å². The molecule has 0 saturated carbocycles. The summed E-state index contributed by atoms with van der Waals surface area (Å²) >= 11 is 2.94. The van der Waals surface area contributed by atoms with E-state index >= 15 is 0 Å². The monoisotopic (exact) mass is 318 g/mol. The fourth-order valence-corrected chi connectivity index (χ4v) is 2.58. The van der Waals surface area contributed by atoms with E-state index in [4.69, 9.17) is 0 Å². The SMILES string of the molecule is O=[N+]([O-])c1cc(Br)c(F)cc1N1CCCC1CO. The fraction of sp³-hybridized carbons (Fsp3) is 0.455. The number of hydrogen-bond acceptors (Lipinski definition) is 4. The maximum atomic E-state index is 13.5. The molecule has 1 fully saturated rings. The van der Waals surface area contributed by atoms with Gasteiger partial charge in [0.25, 0.3) is 5.69 Å². The topological polar surface area (TPSA) is 66.6 Å². The van der Waals surface area contributed by atoms with Gasteiger partial charge in [-0.2, -0.15) is 0 Å². The van der Waals surface area contributed by atoms with Gasteiger partial charge in [-0.15, -0.1) is 0 Å². The van der Waals surface area contributed by atoms with Gasteiger partial charge in [0.2, 0.25) is 0 Å². The Morgan fingerprint density at radius 1 is 1.61 bits per heavy atom. The van der Waals surface area contributed by atoms with Crippen molar-refractivity contribution in [2.75, 3.05) is 18.1 Å². The van der Waals surface area contributed by atoms with Crippen LogP contribution >= 0.6 is 15.9 Å². The normalized spacial score (nSPS) is 19.3. The maximum absolute atomic E-state index is 13.5. The van der Waals surface area contributed by atoms with Crippen molar-refractivity contribution in [3.63, 3.8) is 0 Å². The first kappa shape index (κ1) is 13.2. The zero-order valence-corrected chi connectivity index (χ0v) is 11.1. The summed E-state index contributed by atoms with van der Waals surface area (Å²) in [5.41, 5.74) is 0.0841. The van der Waals surface area contributed by atoms with Crippen LogP contribution in [-0.4, -0.2) is 29.2 Å². The summed E-state index contributed by atoms with van der Waals surface area (Å²) in [4.78, 5) is 12.2. The molecule has 98 valence electrons. The largest absolute Gasteiger partial charge is 0.394 e. The summed E-state index contributed by atoms with van der Waals surface area (Å²) in [5.74, 6) is -0.542. The predicted molar refractivity (Wildman–Crippen MR) is 68.2 cm³/mol. The van der Waals surface area contributed by atoms with Crippen LogP contribution in [0.2, 0.25) is 0 Å². The Kier molecular flexibility index (Phi) is 3.82. The second kappa shape index (κ2) is 5.19. The van der Waals surface area contributed by atoms with Gasteiger partial charge < -0.3 is 10.0 Å². The minimum atomic E-state index is -0.542. The van der Waals surface area contributed by atoms with Crippen molar-refractivity contribution in [1.82, 2.24) is 0 Å². The molecule has 1 aromatic carbocycles. The van der Waals surface area contributed by atoms with Crippen molar-refractivity contribution in [2.24, 2.45) is 0 Å². The van der Waals surface area contributed by atoms with Gasteiger partial charge in [0.05, 0.1) is 22.0 Å². The van der Waals surface area contributed by atoms with Crippen LogP contribution in [0.25, 0.3) is 0 Å². The van der Waals surface area contributed by atoms with Gasteiger partial charge in [-0.3, -0.25) is 10.1 Å². The molecular weight excluding hydrogens is 307 g/mol. The van der Waals surface area contributed by atoms with E-state index in [1.807, 2.05) is 0 Å². The number of aliphatic hydroxyl groups is 1. The fourth-order valence-electron chi connectivity index (χ4n) is 2.24. The van der Waals surface area contributed by atoms with Gasteiger partial charge in [-0.1, -0.05) is 0 Å². The second-order valence-electron chi connectivity index (χ2n) is 4.18. The maximum Gasteiger partial charge on any atom is 0.293 e. The smallest absolute Gasteiger partial charge is 0.293 e. The van der Waals surface area contributed by atoms with Gasteiger partial charge in [-0.25, -0.2) is 4.39 Å². The lowest BCUT2D eigenvalue weighted by Crippen LogP contribution is -2.32. The van der Waals surface area contributed by atoms with E-state index in [0.717, 1.165) is 25.0 Å². The summed E-state index contributed by atoms with van der Waals surface area (Å²) in [6.45, 7) is 0.502. The van der Waals surface area contributed by atoms with Crippen molar-refractivity contribution in [3.05, 3.63) is 32.5 Å². The third-order valence-electron chi connectivity index (χ3n) is 3.11. The molecule has 7 heteroatoms. The minimum absolute atomic E-state index is 0.0673. The van der Waals surface area contributed by atoms with Crippen LogP contribution in [-0.2, 0) is 0 Å². The van der Waals surface area contributed by atoms with Gasteiger partial charge in [0.1, 0.15) is 11.5 Å². The third kappa shape index (κ3) is 2.32. The van der Waals surface area contributed by atoms with Crippen molar-refractivity contribution in [1.29, 1.82) is 0 Å². The molecule has 1 atom stereocenters. The van der Waals surface area contributed by atoms with Crippen LogP contribution in [0.15, 0.2) is 16.6 Å². The third-order valence-corrected chi connectivity index (χ3v) is 3.72. The van der Waals surface area contributed by atoms with E-state index in [-0.39, 0.29) is 28.5 Å². The van der Waals surface area contributed by atoms with Gasteiger partial charge in [-0.05, 0) is 28.8 Å². The van der Waals surface area contributed by atoms with Crippen LogP contribution in [0.4, 0.5) is 15.8 Å². The number of benzene rings is 1.